The molecule has 0 aliphatic heterocycles. The number of nitrogens with one attached hydrogen (secondary N) is 1. The van der Waals surface area contributed by atoms with E-state index in [1.807, 2.05) is 13.1 Å². The van der Waals surface area contributed by atoms with Crippen molar-refractivity contribution in [2.75, 3.05) is 6.61 Å². The molecule has 1 fully saturated rings. The van der Waals surface area contributed by atoms with Crippen LogP contribution in [0.4, 0.5) is 0 Å². The van der Waals surface area contributed by atoms with Crippen LogP contribution in [-0.2, 0) is 16.1 Å². The Balaban J connectivity index is 1.96. The number of ether oxygens (including phenoxy) is 1. The van der Waals surface area contributed by atoms with E-state index in [4.69, 9.17) is 4.74 Å². The lowest BCUT2D eigenvalue weighted by Crippen LogP contribution is -2.42. The first-order valence-corrected chi connectivity index (χ1v) is 6.87. The van der Waals surface area contributed by atoms with E-state index >= 15 is 0 Å². The zero-order valence-corrected chi connectivity index (χ0v) is 11.9. The topological polar surface area (TPSA) is 56.2 Å². The van der Waals surface area contributed by atoms with Gasteiger partial charge in [0.25, 0.3) is 0 Å². The van der Waals surface area contributed by atoms with Crippen molar-refractivity contribution in [3.8, 4) is 0 Å². The Kier molecular flexibility index (Phi) is 4.38. The van der Waals surface area contributed by atoms with Crippen LogP contribution in [0.2, 0.25) is 0 Å². The van der Waals surface area contributed by atoms with Crippen LogP contribution in [0.15, 0.2) is 12.4 Å². The lowest BCUT2D eigenvalue weighted by molar-refractivity contribution is -0.146. The van der Waals surface area contributed by atoms with Gasteiger partial charge in [0, 0.05) is 12.2 Å². The normalized spacial score (nSPS) is 16.8. The van der Waals surface area contributed by atoms with Gasteiger partial charge in [-0.3, -0.25) is 9.48 Å². The Morgan fingerprint density at radius 2 is 2.53 bits per heavy atom. The number of hydrogen-bond donors (Lipinski definition) is 1. The van der Waals surface area contributed by atoms with Gasteiger partial charge < -0.3 is 10.1 Å². The fraction of sp³-hybridized carbons (Fsp3) is 0.636. The third-order valence-corrected chi connectivity index (χ3v) is 3.11. The molecular weight excluding hydrogens is 333 g/mol. The summed E-state index contributed by atoms with van der Waals surface area (Å²) in [6, 6.07) is 0.178. The van der Waals surface area contributed by atoms with E-state index in [0.29, 0.717) is 19.2 Å². The van der Waals surface area contributed by atoms with Crippen LogP contribution in [-0.4, -0.2) is 34.4 Å². The van der Waals surface area contributed by atoms with Gasteiger partial charge in [-0.05, 0) is 42.4 Å². The first-order valence-electron chi connectivity index (χ1n) is 5.79. The molecule has 0 bridgehead atoms. The molecule has 6 heteroatoms. The molecule has 0 amide bonds. The number of hydrogen-bond acceptors (Lipinski definition) is 4. The number of halogens is 1. The van der Waals surface area contributed by atoms with Crippen LogP contribution >= 0.6 is 22.6 Å². The summed E-state index contributed by atoms with van der Waals surface area (Å²) in [5.41, 5.74) is 0. The third kappa shape index (κ3) is 3.95. The van der Waals surface area contributed by atoms with Crippen molar-refractivity contribution in [2.45, 2.75) is 38.4 Å². The first kappa shape index (κ1) is 12.8. The molecule has 5 nitrogen and oxygen atoms in total. The highest BCUT2D eigenvalue weighted by molar-refractivity contribution is 14.1. The van der Waals surface area contributed by atoms with Gasteiger partial charge in [-0.2, -0.15) is 5.10 Å². The fourth-order valence-corrected chi connectivity index (χ4v) is 2.04. The molecule has 17 heavy (non-hydrogen) atoms. The van der Waals surface area contributed by atoms with E-state index in [0.717, 1.165) is 16.4 Å². The molecule has 1 heterocycles. The zero-order valence-electron chi connectivity index (χ0n) is 9.73. The summed E-state index contributed by atoms with van der Waals surface area (Å²) >= 11 is 2.20. The van der Waals surface area contributed by atoms with Crippen LogP contribution in [0.1, 0.15) is 19.8 Å². The van der Waals surface area contributed by atoms with Gasteiger partial charge >= 0.3 is 5.97 Å². The maximum Gasteiger partial charge on any atom is 0.325 e. The summed E-state index contributed by atoms with van der Waals surface area (Å²) in [7, 11) is 0. The number of nitrogens with zero attached hydrogens (tertiary/aromatic N) is 2. The van der Waals surface area contributed by atoms with Crippen LogP contribution in [0.3, 0.4) is 0 Å². The van der Waals surface area contributed by atoms with Crippen molar-refractivity contribution in [3.05, 3.63) is 16.0 Å². The summed E-state index contributed by atoms with van der Waals surface area (Å²) in [4.78, 5) is 11.8. The Morgan fingerprint density at radius 1 is 1.76 bits per heavy atom. The van der Waals surface area contributed by atoms with Gasteiger partial charge in [0.2, 0.25) is 0 Å². The zero-order chi connectivity index (χ0) is 12.3. The molecule has 1 aliphatic carbocycles. The maximum atomic E-state index is 11.8. The fourth-order valence-electron chi connectivity index (χ4n) is 1.60. The number of carbonyl (C=O) groups excluding carboxylic acids is 1. The number of rotatable bonds is 6. The molecule has 0 radical (unpaired) electrons. The van der Waals surface area contributed by atoms with Gasteiger partial charge in [0.15, 0.2) is 0 Å². The quantitative estimate of drug-likeness (QED) is 0.619. The second kappa shape index (κ2) is 5.81. The lowest BCUT2D eigenvalue weighted by atomic mass is 10.3. The Bertz CT molecular complexity index is 390. The van der Waals surface area contributed by atoms with Gasteiger partial charge in [0.05, 0.1) is 22.9 Å². The van der Waals surface area contributed by atoms with Crippen LogP contribution in [0, 0.1) is 3.57 Å². The van der Waals surface area contributed by atoms with E-state index in [1.165, 1.54) is 0 Å². The van der Waals surface area contributed by atoms with Crippen molar-refractivity contribution in [1.29, 1.82) is 0 Å². The molecule has 1 unspecified atom stereocenters. The second-order valence-corrected chi connectivity index (χ2v) is 5.37. The SMILES string of the molecule is CCOC(=O)C(Cn1cc(I)cn1)NC1CC1. The van der Waals surface area contributed by atoms with Crippen molar-refractivity contribution in [1.82, 2.24) is 15.1 Å². The predicted octanol–water partition coefficient (Wildman–Crippen LogP) is 1.17. The summed E-state index contributed by atoms with van der Waals surface area (Å²) in [6.07, 6.45) is 5.99. The Morgan fingerprint density at radius 3 is 3.06 bits per heavy atom. The van der Waals surface area contributed by atoms with Crippen LogP contribution in [0.25, 0.3) is 0 Å². The molecule has 1 saturated carbocycles. The molecule has 2 rings (SSSR count). The molecule has 0 spiro atoms. The Hall–Kier alpha value is -0.630. The van der Waals surface area contributed by atoms with Crippen LogP contribution in [0.5, 0.6) is 0 Å². The van der Waals surface area contributed by atoms with Crippen molar-refractivity contribution in [2.24, 2.45) is 0 Å². The first-order chi connectivity index (χ1) is 8.19. The van der Waals surface area contributed by atoms with Crippen molar-refractivity contribution < 1.29 is 9.53 Å². The van der Waals surface area contributed by atoms with Gasteiger partial charge in [-0.15, -0.1) is 0 Å². The standard InChI is InChI=1S/C11H16IN3O2/c1-2-17-11(16)10(14-9-3-4-9)7-15-6-8(12)5-13-15/h5-6,9-10,14H,2-4,7H2,1H3. The van der Waals surface area contributed by atoms with E-state index in [-0.39, 0.29) is 12.0 Å². The van der Waals surface area contributed by atoms with E-state index < -0.39 is 0 Å². The largest absolute Gasteiger partial charge is 0.465 e. The van der Waals surface area contributed by atoms with Gasteiger partial charge in [-0.25, -0.2) is 0 Å². The number of carbonyl (C=O) groups is 1. The highest BCUT2D eigenvalue weighted by Crippen LogP contribution is 2.20. The predicted molar refractivity (Wildman–Crippen MR) is 71.5 cm³/mol. The molecule has 1 aromatic heterocycles. The summed E-state index contributed by atoms with van der Waals surface area (Å²) < 4.78 is 7.91. The summed E-state index contributed by atoms with van der Waals surface area (Å²) in [5.74, 6) is -0.190. The minimum absolute atomic E-state index is 0.190. The summed E-state index contributed by atoms with van der Waals surface area (Å²) in [5, 5.41) is 7.48. The van der Waals surface area contributed by atoms with Crippen molar-refractivity contribution in [3.63, 3.8) is 0 Å². The molecular formula is C11H16IN3O2. The Labute approximate surface area is 114 Å². The molecule has 0 aromatic carbocycles. The third-order valence-electron chi connectivity index (χ3n) is 2.56. The minimum atomic E-state index is -0.293. The molecule has 1 N–H and O–H groups in total. The lowest BCUT2D eigenvalue weighted by Gasteiger charge is -2.16. The molecule has 1 aromatic rings. The highest BCUT2D eigenvalue weighted by Gasteiger charge is 2.29. The summed E-state index contributed by atoms with van der Waals surface area (Å²) in [6.45, 7) is 2.76. The van der Waals surface area contributed by atoms with Gasteiger partial charge in [0.1, 0.15) is 6.04 Å². The second-order valence-electron chi connectivity index (χ2n) is 4.13. The van der Waals surface area contributed by atoms with Crippen molar-refractivity contribution >= 4 is 28.6 Å². The number of esters is 1. The molecule has 94 valence electrons. The monoisotopic (exact) mass is 349 g/mol. The number of aromatic nitrogens is 2. The average molecular weight is 349 g/mol. The maximum absolute atomic E-state index is 11.8. The smallest absolute Gasteiger partial charge is 0.325 e. The van der Waals surface area contributed by atoms with Crippen LogP contribution < -0.4 is 5.32 Å². The van der Waals surface area contributed by atoms with E-state index in [9.17, 15) is 4.79 Å². The van der Waals surface area contributed by atoms with E-state index in [2.05, 4.69) is 33.0 Å². The van der Waals surface area contributed by atoms with E-state index in [1.54, 1.807) is 10.9 Å². The molecule has 1 aliphatic rings. The molecule has 1 atom stereocenters. The van der Waals surface area contributed by atoms with Gasteiger partial charge in [-0.1, -0.05) is 0 Å². The minimum Gasteiger partial charge on any atom is -0.465 e. The average Bonchev–Trinajstić information content (AvgIpc) is 3.01. The molecule has 0 saturated heterocycles. The highest BCUT2D eigenvalue weighted by atomic mass is 127.